The number of rotatable bonds is 2. The molecule has 0 aromatic heterocycles. The lowest BCUT2D eigenvalue weighted by Crippen LogP contribution is -2.38. The van der Waals surface area contributed by atoms with Gasteiger partial charge in [-0.25, -0.2) is 4.79 Å². The molecule has 0 aromatic rings. The largest absolute Gasteiger partial charge is 0.446 e. The minimum absolute atomic E-state index is 0.105. The molecule has 1 N–H and O–H groups in total. The maximum Gasteiger partial charge on any atom is 0.407 e. The summed E-state index contributed by atoms with van der Waals surface area (Å²) in [5.74, 6) is 1.79. The molecule has 1 saturated carbocycles. The topological polar surface area (TPSA) is 38.3 Å². The smallest absolute Gasteiger partial charge is 0.407 e. The van der Waals surface area contributed by atoms with Crippen molar-refractivity contribution in [1.29, 1.82) is 0 Å². The lowest BCUT2D eigenvalue weighted by atomic mass is 9.75. The molecule has 1 amide bonds. The molecule has 0 radical (unpaired) electrons. The molecular weight excluding hydrogens is 190 g/mol. The fourth-order valence-electron chi connectivity index (χ4n) is 2.45. The summed E-state index contributed by atoms with van der Waals surface area (Å²) in [6, 6.07) is 0. The van der Waals surface area contributed by atoms with Crippen LogP contribution in [-0.4, -0.2) is 19.2 Å². The first-order chi connectivity index (χ1) is 7.04. The Labute approximate surface area is 92.6 Å². The number of hydrogen-bond acceptors (Lipinski definition) is 2. The molecule has 1 aliphatic carbocycles. The van der Waals surface area contributed by atoms with Crippen molar-refractivity contribution < 1.29 is 9.53 Å². The zero-order valence-corrected chi connectivity index (χ0v) is 10.2. The average Bonchev–Trinajstić information content (AvgIpc) is 2.17. The second-order valence-corrected chi connectivity index (χ2v) is 5.02. The molecule has 3 atom stereocenters. The normalized spacial score (nSPS) is 31.4. The van der Waals surface area contributed by atoms with Crippen LogP contribution in [0.25, 0.3) is 0 Å². The van der Waals surface area contributed by atoms with Crippen LogP contribution >= 0.6 is 0 Å². The number of nitrogens with one attached hydrogen (secondary N) is 1. The Bertz CT molecular complexity index is 216. The minimum Gasteiger partial charge on any atom is -0.446 e. The molecule has 0 saturated heterocycles. The van der Waals surface area contributed by atoms with Gasteiger partial charge in [-0.05, 0) is 30.6 Å². The molecule has 88 valence electrons. The van der Waals surface area contributed by atoms with E-state index in [1.807, 2.05) is 0 Å². The van der Waals surface area contributed by atoms with Crippen LogP contribution in [0.15, 0.2) is 0 Å². The van der Waals surface area contributed by atoms with Crippen molar-refractivity contribution in [3.05, 3.63) is 0 Å². The summed E-state index contributed by atoms with van der Waals surface area (Å²) in [6.45, 7) is 6.65. The molecule has 0 aromatic carbocycles. The maximum absolute atomic E-state index is 11.2. The average molecular weight is 213 g/mol. The second-order valence-electron chi connectivity index (χ2n) is 5.02. The van der Waals surface area contributed by atoms with E-state index in [4.69, 9.17) is 4.74 Å². The van der Waals surface area contributed by atoms with Gasteiger partial charge in [0.25, 0.3) is 0 Å². The zero-order valence-electron chi connectivity index (χ0n) is 10.2. The van der Waals surface area contributed by atoms with E-state index in [1.165, 1.54) is 12.8 Å². The number of carbonyl (C=O) groups excluding carboxylic acids is 1. The van der Waals surface area contributed by atoms with Crippen LogP contribution in [0.3, 0.4) is 0 Å². The van der Waals surface area contributed by atoms with E-state index >= 15 is 0 Å². The summed E-state index contributed by atoms with van der Waals surface area (Å²) in [5, 5.41) is 2.53. The van der Waals surface area contributed by atoms with Gasteiger partial charge in [0.1, 0.15) is 6.10 Å². The molecule has 15 heavy (non-hydrogen) atoms. The first kappa shape index (κ1) is 12.3. The van der Waals surface area contributed by atoms with E-state index in [2.05, 4.69) is 26.1 Å². The fraction of sp³-hybridized carbons (Fsp3) is 0.917. The fourth-order valence-corrected chi connectivity index (χ4v) is 2.45. The van der Waals surface area contributed by atoms with E-state index in [0.29, 0.717) is 17.8 Å². The van der Waals surface area contributed by atoms with Gasteiger partial charge in [0.05, 0.1) is 0 Å². The Morgan fingerprint density at radius 1 is 1.40 bits per heavy atom. The number of carbonyl (C=O) groups is 1. The number of alkyl carbamates (subject to hydrolysis) is 1. The summed E-state index contributed by atoms with van der Waals surface area (Å²) in [5.41, 5.74) is 0. The first-order valence-corrected chi connectivity index (χ1v) is 5.93. The summed E-state index contributed by atoms with van der Waals surface area (Å²) >= 11 is 0. The highest BCUT2D eigenvalue weighted by atomic mass is 16.6. The molecule has 0 bridgehead atoms. The molecule has 1 unspecified atom stereocenters. The quantitative estimate of drug-likeness (QED) is 0.766. The molecule has 1 fully saturated rings. The molecule has 0 aliphatic heterocycles. The van der Waals surface area contributed by atoms with Crippen LogP contribution in [0.1, 0.15) is 40.0 Å². The summed E-state index contributed by atoms with van der Waals surface area (Å²) < 4.78 is 5.43. The Morgan fingerprint density at radius 3 is 2.60 bits per heavy atom. The number of hydrogen-bond donors (Lipinski definition) is 1. The third kappa shape index (κ3) is 3.40. The highest BCUT2D eigenvalue weighted by molar-refractivity contribution is 5.66. The molecule has 1 rings (SSSR count). The highest BCUT2D eigenvalue weighted by Gasteiger charge is 2.33. The zero-order chi connectivity index (χ0) is 11.4. The van der Waals surface area contributed by atoms with E-state index in [0.717, 1.165) is 6.42 Å². The van der Waals surface area contributed by atoms with Gasteiger partial charge in [0.15, 0.2) is 0 Å². The molecular formula is C12H23NO2. The Balaban J connectivity index is 2.57. The van der Waals surface area contributed by atoms with Gasteiger partial charge in [-0.2, -0.15) is 0 Å². The van der Waals surface area contributed by atoms with E-state index in [1.54, 1.807) is 7.05 Å². The SMILES string of the molecule is CNC(=O)O[C@@H]1CC(C)CC[C@H]1C(C)C. The van der Waals surface area contributed by atoms with Gasteiger partial charge in [0.2, 0.25) is 0 Å². The third-order valence-electron chi connectivity index (χ3n) is 3.42. The molecule has 1 aliphatic rings. The van der Waals surface area contributed by atoms with Gasteiger partial charge in [0, 0.05) is 7.05 Å². The van der Waals surface area contributed by atoms with Gasteiger partial charge in [-0.1, -0.05) is 27.2 Å². The van der Waals surface area contributed by atoms with Gasteiger partial charge >= 0.3 is 6.09 Å². The Hall–Kier alpha value is -0.730. The van der Waals surface area contributed by atoms with Crippen molar-refractivity contribution >= 4 is 6.09 Å². The Kier molecular flexibility index (Phi) is 4.43. The van der Waals surface area contributed by atoms with Crippen molar-refractivity contribution in [2.75, 3.05) is 7.05 Å². The van der Waals surface area contributed by atoms with Gasteiger partial charge in [-0.15, -0.1) is 0 Å². The van der Waals surface area contributed by atoms with Crippen LogP contribution in [-0.2, 0) is 4.74 Å². The van der Waals surface area contributed by atoms with Crippen molar-refractivity contribution in [3.8, 4) is 0 Å². The first-order valence-electron chi connectivity index (χ1n) is 5.93. The third-order valence-corrected chi connectivity index (χ3v) is 3.42. The predicted molar refractivity (Wildman–Crippen MR) is 60.7 cm³/mol. The Morgan fingerprint density at radius 2 is 2.07 bits per heavy atom. The summed E-state index contributed by atoms with van der Waals surface area (Å²) in [7, 11) is 1.61. The molecule has 0 spiro atoms. The monoisotopic (exact) mass is 213 g/mol. The van der Waals surface area contributed by atoms with Crippen LogP contribution in [0.4, 0.5) is 4.79 Å². The van der Waals surface area contributed by atoms with Crippen molar-refractivity contribution in [1.82, 2.24) is 5.32 Å². The highest BCUT2D eigenvalue weighted by Crippen LogP contribution is 2.35. The van der Waals surface area contributed by atoms with E-state index in [-0.39, 0.29) is 12.2 Å². The van der Waals surface area contributed by atoms with Gasteiger partial charge < -0.3 is 10.1 Å². The van der Waals surface area contributed by atoms with E-state index in [9.17, 15) is 4.79 Å². The van der Waals surface area contributed by atoms with Crippen LogP contribution in [0.5, 0.6) is 0 Å². The van der Waals surface area contributed by atoms with Crippen molar-refractivity contribution in [2.45, 2.75) is 46.1 Å². The molecule has 0 heterocycles. The molecule has 3 nitrogen and oxygen atoms in total. The lowest BCUT2D eigenvalue weighted by molar-refractivity contribution is 0.00703. The van der Waals surface area contributed by atoms with Crippen LogP contribution < -0.4 is 5.32 Å². The van der Waals surface area contributed by atoms with Crippen LogP contribution in [0, 0.1) is 17.8 Å². The standard InChI is InChI=1S/C12H23NO2/c1-8(2)10-6-5-9(3)7-11(10)15-12(14)13-4/h8-11H,5-7H2,1-4H3,(H,13,14)/t9?,10-,11+/m0/s1. The predicted octanol–water partition coefficient (Wildman–Crippen LogP) is 2.80. The maximum atomic E-state index is 11.2. The van der Waals surface area contributed by atoms with Crippen molar-refractivity contribution in [2.24, 2.45) is 17.8 Å². The van der Waals surface area contributed by atoms with E-state index < -0.39 is 0 Å². The molecule has 3 heteroatoms. The van der Waals surface area contributed by atoms with Crippen molar-refractivity contribution in [3.63, 3.8) is 0 Å². The number of amides is 1. The number of ether oxygens (including phenoxy) is 1. The van der Waals surface area contributed by atoms with Crippen LogP contribution in [0.2, 0.25) is 0 Å². The lowest BCUT2D eigenvalue weighted by Gasteiger charge is -2.36. The summed E-state index contributed by atoms with van der Waals surface area (Å²) in [6.07, 6.45) is 3.26. The van der Waals surface area contributed by atoms with Gasteiger partial charge in [-0.3, -0.25) is 0 Å². The summed E-state index contributed by atoms with van der Waals surface area (Å²) in [4.78, 5) is 11.2. The minimum atomic E-state index is -0.292. The second kappa shape index (κ2) is 5.38.